The third-order valence-electron chi connectivity index (χ3n) is 3.01. The first-order valence-corrected chi connectivity index (χ1v) is 6.53. The molecule has 4 heteroatoms. The molecule has 1 unspecified atom stereocenters. The van der Waals surface area contributed by atoms with E-state index in [1.165, 1.54) is 5.56 Å². The van der Waals surface area contributed by atoms with E-state index in [-0.39, 0.29) is 6.04 Å². The molecule has 0 fully saturated rings. The first-order valence-electron chi connectivity index (χ1n) is 6.15. The summed E-state index contributed by atoms with van der Waals surface area (Å²) in [4.78, 5) is 0. The first-order chi connectivity index (χ1) is 8.60. The highest BCUT2D eigenvalue weighted by molar-refractivity contribution is 6.30. The molecule has 0 aliphatic heterocycles. The fourth-order valence-corrected chi connectivity index (χ4v) is 2.06. The van der Waals surface area contributed by atoms with E-state index in [2.05, 4.69) is 12.0 Å². The van der Waals surface area contributed by atoms with E-state index < -0.39 is 0 Å². The second-order valence-corrected chi connectivity index (χ2v) is 5.04. The Morgan fingerprint density at radius 1 is 1.44 bits per heavy atom. The summed E-state index contributed by atoms with van der Waals surface area (Å²) in [6, 6.07) is 6.04. The zero-order valence-electron chi connectivity index (χ0n) is 10.7. The van der Waals surface area contributed by atoms with Crippen molar-refractivity contribution in [2.24, 2.45) is 5.73 Å². The van der Waals surface area contributed by atoms with Crippen LogP contribution in [0.4, 0.5) is 0 Å². The van der Waals surface area contributed by atoms with Crippen molar-refractivity contribution in [2.45, 2.75) is 32.7 Å². The molecule has 1 heterocycles. The summed E-state index contributed by atoms with van der Waals surface area (Å²) in [7, 11) is 0. The highest BCUT2D eigenvalue weighted by Crippen LogP contribution is 2.21. The van der Waals surface area contributed by atoms with Gasteiger partial charge in [0.15, 0.2) is 0 Å². The first kappa shape index (κ1) is 13.1. The Hall–Kier alpha value is -1.32. The summed E-state index contributed by atoms with van der Waals surface area (Å²) >= 11 is 6.07. The van der Waals surface area contributed by atoms with Crippen molar-refractivity contribution >= 4 is 11.6 Å². The van der Waals surface area contributed by atoms with E-state index in [1.54, 1.807) is 0 Å². The van der Waals surface area contributed by atoms with Crippen molar-refractivity contribution in [3.05, 3.63) is 46.7 Å². The number of nitrogens with zero attached hydrogens (tertiary/aromatic N) is 2. The Bertz CT molecular complexity index is 534. The number of benzene rings is 1. The number of aromatic nitrogens is 2. The Balaban J connectivity index is 2.40. The van der Waals surface area contributed by atoms with Crippen molar-refractivity contribution < 1.29 is 0 Å². The van der Waals surface area contributed by atoms with Gasteiger partial charge >= 0.3 is 0 Å². The molecule has 0 spiro atoms. The highest BCUT2D eigenvalue weighted by atomic mass is 35.5. The molecule has 0 amide bonds. The largest absolute Gasteiger partial charge is 0.327 e. The minimum atomic E-state index is 0.168. The lowest BCUT2D eigenvalue weighted by Crippen LogP contribution is -2.22. The van der Waals surface area contributed by atoms with E-state index >= 15 is 0 Å². The molecular weight excluding hydrogens is 246 g/mol. The van der Waals surface area contributed by atoms with Gasteiger partial charge < -0.3 is 5.73 Å². The molecule has 1 aromatic carbocycles. The van der Waals surface area contributed by atoms with Crippen LogP contribution in [0.2, 0.25) is 5.02 Å². The van der Waals surface area contributed by atoms with Crippen LogP contribution in [0.3, 0.4) is 0 Å². The van der Waals surface area contributed by atoms with E-state index in [0.717, 1.165) is 24.1 Å². The summed E-state index contributed by atoms with van der Waals surface area (Å²) in [6.45, 7) is 4.11. The van der Waals surface area contributed by atoms with E-state index in [0.29, 0.717) is 5.02 Å². The van der Waals surface area contributed by atoms with E-state index in [1.807, 2.05) is 42.2 Å². The number of hydrogen-bond acceptors (Lipinski definition) is 2. The van der Waals surface area contributed by atoms with Crippen LogP contribution in [0.1, 0.15) is 24.5 Å². The zero-order chi connectivity index (χ0) is 13.1. The number of aryl methyl sites for hydroxylation is 1. The van der Waals surface area contributed by atoms with Crippen LogP contribution in [0.25, 0.3) is 5.69 Å². The second-order valence-electron chi connectivity index (χ2n) is 4.61. The lowest BCUT2D eigenvalue weighted by molar-refractivity contribution is 0.642. The predicted molar refractivity (Wildman–Crippen MR) is 75.3 cm³/mol. The standard InChI is InChI=1S/C14H18ClN3/c1-3-13(16)6-11-4-5-12(15)7-14(11)18-9-10(2)8-17-18/h4-5,7-9,13H,3,6,16H2,1-2H3. The molecule has 2 N–H and O–H groups in total. The predicted octanol–water partition coefficient (Wildman–Crippen LogP) is 3.11. The van der Waals surface area contributed by atoms with Gasteiger partial charge in [0.2, 0.25) is 0 Å². The maximum absolute atomic E-state index is 6.07. The molecule has 1 aromatic heterocycles. The summed E-state index contributed by atoms with van der Waals surface area (Å²) in [5.74, 6) is 0. The van der Waals surface area contributed by atoms with Gasteiger partial charge in [0.1, 0.15) is 0 Å². The third kappa shape index (κ3) is 2.92. The molecule has 96 valence electrons. The van der Waals surface area contributed by atoms with Crippen LogP contribution in [0.5, 0.6) is 0 Å². The molecule has 18 heavy (non-hydrogen) atoms. The fraction of sp³-hybridized carbons (Fsp3) is 0.357. The molecule has 2 rings (SSSR count). The lowest BCUT2D eigenvalue weighted by Gasteiger charge is -2.13. The molecular formula is C14H18ClN3. The summed E-state index contributed by atoms with van der Waals surface area (Å²) < 4.78 is 1.86. The van der Waals surface area contributed by atoms with Gasteiger partial charge in [-0.05, 0) is 43.0 Å². The van der Waals surface area contributed by atoms with Crippen LogP contribution in [-0.4, -0.2) is 15.8 Å². The maximum Gasteiger partial charge on any atom is 0.0693 e. The molecule has 0 saturated heterocycles. The van der Waals surface area contributed by atoms with Gasteiger partial charge in [-0.1, -0.05) is 24.6 Å². The van der Waals surface area contributed by atoms with Gasteiger partial charge in [-0.25, -0.2) is 4.68 Å². The molecule has 0 aliphatic rings. The van der Waals surface area contributed by atoms with Crippen molar-refractivity contribution in [1.82, 2.24) is 9.78 Å². The zero-order valence-corrected chi connectivity index (χ0v) is 11.5. The lowest BCUT2D eigenvalue weighted by atomic mass is 10.0. The summed E-state index contributed by atoms with van der Waals surface area (Å²) in [6.07, 6.45) is 5.62. The minimum Gasteiger partial charge on any atom is -0.327 e. The van der Waals surface area contributed by atoms with Crippen molar-refractivity contribution in [3.8, 4) is 5.69 Å². The van der Waals surface area contributed by atoms with Gasteiger partial charge in [-0.2, -0.15) is 5.10 Å². The van der Waals surface area contributed by atoms with Crippen molar-refractivity contribution in [1.29, 1.82) is 0 Å². The fourth-order valence-electron chi connectivity index (χ4n) is 1.89. The minimum absolute atomic E-state index is 0.168. The normalized spacial score (nSPS) is 12.7. The molecule has 1 atom stereocenters. The molecule has 0 aliphatic carbocycles. The van der Waals surface area contributed by atoms with Gasteiger partial charge in [0.25, 0.3) is 0 Å². The maximum atomic E-state index is 6.07. The summed E-state index contributed by atoms with van der Waals surface area (Å²) in [5.41, 5.74) is 9.35. The molecule has 2 aromatic rings. The molecule has 0 bridgehead atoms. The SMILES string of the molecule is CCC(N)Cc1ccc(Cl)cc1-n1cc(C)cn1. The smallest absolute Gasteiger partial charge is 0.0693 e. The van der Waals surface area contributed by atoms with E-state index in [4.69, 9.17) is 17.3 Å². The Labute approximate surface area is 113 Å². The monoisotopic (exact) mass is 263 g/mol. The van der Waals surface area contributed by atoms with Crippen LogP contribution in [0, 0.1) is 6.92 Å². The van der Waals surface area contributed by atoms with Gasteiger partial charge in [0, 0.05) is 17.3 Å². The molecule has 3 nitrogen and oxygen atoms in total. The molecule has 0 saturated carbocycles. The average molecular weight is 264 g/mol. The molecule has 0 radical (unpaired) electrons. The number of halogens is 1. The number of nitrogens with two attached hydrogens (primary N) is 1. The summed E-state index contributed by atoms with van der Waals surface area (Å²) in [5, 5.41) is 5.05. The topological polar surface area (TPSA) is 43.8 Å². The van der Waals surface area contributed by atoms with Gasteiger partial charge in [0.05, 0.1) is 11.9 Å². The number of hydrogen-bond donors (Lipinski definition) is 1. The van der Waals surface area contributed by atoms with Crippen LogP contribution >= 0.6 is 11.6 Å². The van der Waals surface area contributed by atoms with Gasteiger partial charge in [-0.15, -0.1) is 0 Å². The Kier molecular flexibility index (Phi) is 4.04. The van der Waals surface area contributed by atoms with Crippen LogP contribution in [-0.2, 0) is 6.42 Å². The Morgan fingerprint density at radius 3 is 2.83 bits per heavy atom. The average Bonchev–Trinajstić information content (AvgIpc) is 2.78. The van der Waals surface area contributed by atoms with Crippen molar-refractivity contribution in [3.63, 3.8) is 0 Å². The van der Waals surface area contributed by atoms with Crippen LogP contribution < -0.4 is 5.73 Å². The quantitative estimate of drug-likeness (QED) is 0.921. The van der Waals surface area contributed by atoms with Gasteiger partial charge in [-0.3, -0.25) is 0 Å². The second kappa shape index (κ2) is 5.55. The third-order valence-corrected chi connectivity index (χ3v) is 3.25. The van der Waals surface area contributed by atoms with E-state index in [9.17, 15) is 0 Å². The highest BCUT2D eigenvalue weighted by Gasteiger charge is 2.10. The Morgan fingerprint density at radius 2 is 2.22 bits per heavy atom. The van der Waals surface area contributed by atoms with Crippen molar-refractivity contribution in [2.75, 3.05) is 0 Å². The number of rotatable bonds is 4. The van der Waals surface area contributed by atoms with Crippen LogP contribution in [0.15, 0.2) is 30.6 Å².